The summed E-state index contributed by atoms with van der Waals surface area (Å²) in [7, 11) is 4.13. The molecule has 2 rings (SSSR count). The summed E-state index contributed by atoms with van der Waals surface area (Å²) in [5.41, 5.74) is 1.66. The highest BCUT2D eigenvalue weighted by Gasteiger charge is 2.27. The second kappa shape index (κ2) is 5.88. The van der Waals surface area contributed by atoms with E-state index in [4.69, 9.17) is 0 Å². The van der Waals surface area contributed by atoms with E-state index in [-0.39, 0.29) is 5.82 Å². The van der Waals surface area contributed by atoms with Crippen LogP contribution in [0.15, 0.2) is 18.2 Å². The summed E-state index contributed by atoms with van der Waals surface area (Å²) < 4.78 is 13.4. The summed E-state index contributed by atoms with van der Waals surface area (Å²) in [4.78, 5) is 4.48. The van der Waals surface area contributed by atoms with Gasteiger partial charge in [0.25, 0.3) is 0 Å². The standard InChI is InChI=1S/C15H23FN2O/c1-11(19)14-9-12(16)6-7-15(14)18-8-4-5-13(18)10-17(2)3/h6-7,9,11,13,19H,4-5,8,10H2,1-3H3/t11-,13?/m0/s1. The van der Waals surface area contributed by atoms with Crippen molar-refractivity contribution in [3.05, 3.63) is 29.6 Å². The summed E-state index contributed by atoms with van der Waals surface area (Å²) in [6, 6.07) is 5.17. The van der Waals surface area contributed by atoms with Gasteiger partial charge in [0.2, 0.25) is 0 Å². The van der Waals surface area contributed by atoms with Crippen molar-refractivity contribution in [1.29, 1.82) is 0 Å². The topological polar surface area (TPSA) is 26.7 Å². The van der Waals surface area contributed by atoms with E-state index < -0.39 is 6.10 Å². The van der Waals surface area contributed by atoms with Crippen LogP contribution in [0.5, 0.6) is 0 Å². The van der Waals surface area contributed by atoms with Gasteiger partial charge in [0, 0.05) is 30.4 Å². The molecule has 1 saturated heterocycles. The van der Waals surface area contributed by atoms with Crippen LogP contribution in [-0.4, -0.2) is 43.2 Å². The molecule has 19 heavy (non-hydrogen) atoms. The Kier molecular flexibility index (Phi) is 4.42. The number of rotatable bonds is 4. The largest absolute Gasteiger partial charge is 0.389 e. The zero-order chi connectivity index (χ0) is 14.0. The second-order valence-electron chi connectivity index (χ2n) is 5.63. The van der Waals surface area contributed by atoms with E-state index in [0.29, 0.717) is 11.6 Å². The van der Waals surface area contributed by atoms with Crippen LogP contribution in [-0.2, 0) is 0 Å². The summed E-state index contributed by atoms with van der Waals surface area (Å²) in [5, 5.41) is 9.85. The molecule has 0 saturated carbocycles. The Morgan fingerprint density at radius 1 is 1.47 bits per heavy atom. The van der Waals surface area contributed by atoms with Crippen molar-refractivity contribution >= 4 is 5.69 Å². The smallest absolute Gasteiger partial charge is 0.123 e. The number of nitrogens with zero attached hydrogens (tertiary/aromatic N) is 2. The fourth-order valence-corrected chi connectivity index (χ4v) is 2.89. The quantitative estimate of drug-likeness (QED) is 0.906. The molecule has 1 aromatic carbocycles. The van der Waals surface area contributed by atoms with Crippen molar-refractivity contribution in [2.24, 2.45) is 0 Å². The summed E-state index contributed by atoms with van der Waals surface area (Å²) in [6.07, 6.45) is 1.65. The van der Waals surface area contributed by atoms with Crippen LogP contribution >= 0.6 is 0 Å². The van der Waals surface area contributed by atoms with Gasteiger partial charge < -0.3 is 14.9 Å². The highest BCUT2D eigenvalue weighted by atomic mass is 19.1. The second-order valence-corrected chi connectivity index (χ2v) is 5.63. The van der Waals surface area contributed by atoms with Crippen LogP contribution in [0.3, 0.4) is 0 Å². The lowest BCUT2D eigenvalue weighted by Gasteiger charge is -2.31. The Bertz CT molecular complexity index is 434. The van der Waals surface area contributed by atoms with Crippen LogP contribution in [0.25, 0.3) is 0 Å². The maximum Gasteiger partial charge on any atom is 0.123 e. The van der Waals surface area contributed by atoms with Crippen LogP contribution in [0, 0.1) is 5.82 Å². The molecule has 0 aromatic heterocycles. The zero-order valence-electron chi connectivity index (χ0n) is 11.9. The Morgan fingerprint density at radius 2 is 2.21 bits per heavy atom. The van der Waals surface area contributed by atoms with Gasteiger partial charge in [-0.25, -0.2) is 4.39 Å². The van der Waals surface area contributed by atoms with Gasteiger partial charge in [0.15, 0.2) is 0 Å². The van der Waals surface area contributed by atoms with Crippen molar-refractivity contribution in [3.63, 3.8) is 0 Å². The first-order chi connectivity index (χ1) is 8.99. The minimum atomic E-state index is -0.647. The molecule has 0 amide bonds. The molecule has 1 aliphatic rings. The van der Waals surface area contributed by atoms with Gasteiger partial charge in [-0.1, -0.05) is 0 Å². The van der Waals surface area contributed by atoms with Gasteiger partial charge >= 0.3 is 0 Å². The van der Waals surface area contributed by atoms with Gasteiger partial charge in [-0.3, -0.25) is 0 Å². The van der Waals surface area contributed by atoms with Gasteiger partial charge in [-0.05, 0) is 52.1 Å². The summed E-state index contributed by atoms with van der Waals surface area (Å²) in [6.45, 7) is 3.65. The molecule has 106 valence electrons. The lowest BCUT2D eigenvalue weighted by atomic mass is 10.1. The third kappa shape index (κ3) is 3.25. The van der Waals surface area contributed by atoms with E-state index in [2.05, 4.69) is 23.9 Å². The SMILES string of the molecule is C[C@H](O)c1cc(F)ccc1N1CCCC1CN(C)C. The number of hydrogen-bond donors (Lipinski definition) is 1. The molecule has 0 spiro atoms. The summed E-state index contributed by atoms with van der Waals surface area (Å²) in [5.74, 6) is -0.289. The highest BCUT2D eigenvalue weighted by Crippen LogP contribution is 2.32. The molecule has 4 heteroatoms. The minimum Gasteiger partial charge on any atom is -0.389 e. The molecule has 3 nitrogen and oxygen atoms in total. The normalized spacial score (nSPS) is 21.2. The lowest BCUT2D eigenvalue weighted by Crippen LogP contribution is -2.38. The number of aliphatic hydroxyl groups is 1. The van der Waals surface area contributed by atoms with Gasteiger partial charge in [-0.15, -0.1) is 0 Å². The zero-order valence-corrected chi connectivity index (χ0v) is 11.9. The van der Waals surface area contributed by atoms with E-state index in [1.165, 1.54) is 12.1 Å². The molecule has 1 N–H and O–H groups in total. The minimum absolute atomic E-state index is 0.289. The van der Waals surface area contributed by atoms with E-state index in [0.717, 1.165) is 31.6 Å². The average Bonchev–Trinajstić information content (AvgIpc) is 2.76. The highest BCUT2D eigenvalue weighted by molar-refractivity contribution is 5.56. The Hall–Kier alpha value is -1.13. The van der Waals surface area contributed by atoms with Crippen LogP contribution in [0.2, 0.25) is 0 Å². The van der Waals surface area contributed by atoms with E-state index in [9.17, 15) is 9.50 Å². The van der Waals surface area contributed by atoms with Gasteiger partial charge in [0.1, 0.15) is 5.82 Å². The van der Waals surface area contributed by atoms with E-state index in [1.807, 2.05) is 0 Å². The number of benzene rings is 1. The van der Waals surface area contributed by atoms with E-state index in [1.54, 1.807) is 13.0 Å². The van der Waals surface area contributed by atoms with Crippen LogP contribution in [0.4, 0.5) is 10.1 Å². The predicted molar refractivity (Wildman–Crippen MR) is 76.0 cm³/mol. The molecule has 1 unspecified atom stereocenters. The fraction of sp³-hybridized carbons (Fsp3) is 0.600. The molecule has 0 bridgehead atoms. The predicted octanol–water partition coefficient (Wildman–Crippen LogP) is 2.41. The molecule has 2 atom stereocenters. The molecule has 1 fully saturated rings. The number of anilines is 1. The average molecular weight is 266 g/mol. The van der Waals surface area contributed by atoms with Crippen molar-refractivity contribution in [1.82, 2.24) is 4.90 Å². The van der Waals surface area contributed by atoms with Crippen molar-refractivity contribution in [2.45, 2.75) is 31.9 Å². The first-order valence-electron chi connectivity index (χ1n) is 6.88. The fourth-order valence-electron chi connectivity index (χ4n) is 2.89. The Morgan fingerprint density at radius 3 is 2.84 bits per heavy atom. The number of halogens is 1. The third-order valence-corrected chi connectivity index (χ3v) is 3.70. The molecule has 0 aliphatic carbocycles. The monoisotopic (exact) mass is 266 g/mol. The number of aliphatic hydroxyl groups excluding tert-OH is 1. The van der Waals surface area contributed by atoms with Gasteiger partial charge in [-0.2, -0.15) is 0 Å². The van der Waals surface area contributed by atoms with E-state index >= 15 is 0 Å². The Labute approximate surface area is 114 Å². The maximum atomic E-state index is 13.4. The maximum absolute atomic E-state index is 13.4. The lowest BCUT2D eigenvalue weighted by molar-refractivity contribution is 0.199. The molecule has 1 aliphatic heterocycles. The molecular weight excluding hydrogens is 243 g/mol. The number of likely N-dealkylation sites (N-methyl/N-ethyl adjacent to an activating group) is 1. The molecule has 0 radical (unpaired) electrons. The number of hydrogen-bond acceptors (Lipinski definition) is 3. The van der Waals surface area contributed by atoms with Crippen LogP contribution in [0.1, 0.15) is 31.4 Å². The third-order valence-electron chi connectivity index (χ3n) is 3.70. The van der Waals surface area contributed by atoms with Crippen LogP contribution < -0.4 is 4.90 Å². The first-order valence-corrected chi connectivity index (χ1v) is 6.88. The van der Waals surface area contributed by atoms with Crippen molar-refractivity contribution < 1.29 is 9.50 Å². The van der Waals surface area contributed by atoms with Crippen molar-refractivity contribution in [3.8, 4) is 0 Å². The molecular formula is C15H23FN2O. The van der Waals surface area contributed by atoms with Gasteiger partial charge in [0.05, 0.1) is 6.10 Å². The molecule has 1 aromatic rings. The summed E-state index contributed by atoms with van der Waals surface area (Å²) >= 11 is 0. The van der Waals surface area contributed by atoms with Crippen molar-refractivity contribution in [2.75, 3.05) is 32.1 Å². The molecule has 1 heterocycles. The first kappa shape index (κ1) is 14.3. The Balaban J connectivity index is 2.29.